The maximum atomic E-state index is 12.3. The maximum absolute atomic E-state index is 12.3. The number of aromatic nitrogens is 1. The van der Waals surface area contributed by atoms with Gasteiger partial charge in [0, 0.05) is 26.3 Å². The lowest BCUT2D eigenvalue weighted by atomic mass is 10.2. The fraction of sp³-hybridized carbons (Fsp3) is 0.429. The Hall–Kier alpha value is -1.66. The monoisotopic (exact) mass is 292 g/mol. The fourth-order valence-electron chi connectivity index (χ4n) is 2.28. The molecular formula is C14H16N2O3S. The first-order chi connectivity index (χ1) is 9.74. The van der Waals surface area contributed by atoms with Gasteiger partial charge in [0.1, 0.15) is 0 Å². The highest BCUT2D eigenvalue weighted by atomic mass is 32.1. The van der Waals surface area contributed by atoms with Crippen LogP contribution in [0, 0.1) is 0 Å². The number of amides is 1. The van der Waals surface area contributed by atoms with Gasteiger partial charge in [-0.15, -0.1) is 11.3 Å². The first-order valence-electron chi connectivity index (χ1n) is 6.61. The molecular weight excluding hydrogens is 276 g/mol. The average molecular weight is 292 g/mol. The lowest BCUT2D eigenvalue weighted by molar-refractivity contribution is 0.0579. The molecule has 1 saturated heterocycles. The van der Waals surface area contributed by atoms with E-state index in [1.54, 1.807) is 29.4 Å². The summed E-state index contributed by atoms with van der Waals surface area (Å²) in [6.45, 7) is 1.39. The van der Waals surface area contributed by atoms with Crippen molar-refractivity contribution in [2.24, 2.45) is 0 Å². The highest BCUT2D eigenvalue weighted by Crippen LogP contribution is 2.25. The third-order valence-electron chi connectivity index (χ3n) is 3.34. The molecule has 6 heteroatoms. The molecule has 1 atom stereocenters. The Bertz CT molecular complexity index is 573. The van der Waals surface area contributed by atoms with Crippen molar-refractivity contribution >= 4 is 17.2 Å². The Morgan fingerprint density at radius 3 is 3.20 bits per heavy atom. The zero-order chi connectivity index (χ0) is 13.9. The number of hydrogen-bond acceptors (Lipinski definition) is 5. The minimum atomic E-state index is -0.132. The minimum Gasteiger partial charge on any atom is -0.376 e. The topological polar surface area (TPSA) is 55.6 Å². The average Bonchev–Trinajstić information content (AvgIpc) is 3.18. The van der Waals surface area contributed by atoms with Crippen LogP contribution in [0.2, 0.25) is 0 Å². The molecule has 0 aliphatic carbocycles. The van der Waals surface area contributed by atoms with Gasteiger partial charge in [0.2, 0.25) is 0 Å². The molecule has 1 aliphatic heterocycles. The van der Waals surface area contributed by atoms with Gasteiger partial charge < -0.3 is 14.2 Å². The van der Waals surface area contributed by atoms with Crippen molar-refractivity contribution in [1.29, 1.82) is 0 Å². The molecule has 0 radical (unpaired) electrons. The smallest absolute Gasteiger partial charge is 0.275 e. The van der Waals surface area contributed by atoms with Crippen molar-refractivity contribution in [3.05, 3.63) is 29.3 Å². The van der Waals surface area contributed by atoms with E-state index in [0.29, 0.717) is 18.0 Å². The predicted octanol–water partition coefficient (Wildman–Crippen LogP) is 2.65. The number of ether oxygens (including phenoxy) is 1. The number of hydrogen-bond donors (Lipinski definition) is 0. The van der Waals surface area contributed by atoms with Crippen LogP contribution >= 0.6 is 11.3 Å². The third-order valence-corrected chi connectivity index (χ3v) is 4.23. The largest absolute Gasteiger partial charge is 0.376 e. The maximum Gasteiger partial charge on any atom is 0.275 e. The van der Waals surface area contributed by atoms with Crippen LogP contribution in [0.4, 0.5) is 0 Å². The number of thiophene rings is 1. The molecule has 1 amide bonds. The van der Waals surface area contributed by atoms with Gasteiger partial charge in [-0.1, -0.05) is 11.2 Å². The molecule has 2 aromatic rings. The zero-order valence-corrected chi connectivity index (χ0v) is 12.1. The number of carbonyl (C=O) groups is 1. The predicted molar refractivity (Wildman–Crippen MR) is 75.8 cm³/mol. The van der Waals surface area contributed by atoms with E-state index in [1.165, 1.54) is 0 Å². The van der Waals surface area contributed by atoms with Gasteiger partial charge in [-0.3, -0.25) is 4.79 Å². The zero-order valence-electron chi connectivity index (χ0n) is 11.2. The highest BCUT2D eigenvalue weighted by molar-refractivity contribution is 7.13. The van der Waals surface area contributed by atoms with Crippen LogP contribution in [0.15, 0.2) is 28.1 Å². The molecule has 0 N–H and O–H groups in total. The van der Waals surface area contributed by atoms with Gasteiger partial charge >= 0.3 is 0 Å². The van der Waals surface area contributed by atoms with Crippen LogP contribution in [0.1, 0.15) is 23.3 Å². The Kier molecular flexibility index (Phi) is 3.84. The van der Waals surface area contributed by atoms with E-state index in [2.05, 4.69) is 5.16 Å². The molecule has 5 nitrogen and oxygen atoms in total. The lowest BCUT2D eigenvalue weighted by Crippen LogP contribution is -2.34. The lowest BCUT2D eigenvalue weighted by Gasteiger charge is -2.19. The van der Waals surface area contributed by atoms with Gasteiger partial charge in [0.05, 0.1) is 11.0 Å². The summed E-state index contributed by atoms with van der Waals surface area (Å²) in [6.07, 6.45) is 2.23. The van der Waals surface area contributed by atoms with Gasteiger partial charge in [-0.2, -0.15) is 0 Å². The van der Waals surface area contributed by atoms with Crippen molar-refractivity contribution in [3.63, 3.8) is 0 Å². The summed E-state index contributed by atoms with van der Waals surface area (Å²) in [7, 11) is 1.77. The van der Waals surface area contributed by atoms with E-state index in [9.17, 15) is 4.79 Å². The summed E-state index contributed by atoms with van der Waals surface area (Å²) in [6, 6.07) is 5.57. The number of nitrogens with zero attached hydrogens (tertiary/aromatic N) is 2. The van der Waals surface area contributed by atoms with Gasteiger partial charge in [-0.25, -0.2) is 0 Å². The summed E-state index contributed by atoms with van der Waals surface area (Å²) < 4.78 is 10.8. The van der Waals surface area contributed by atoms with Crippen molar-refractivity contribution in [1.82, 2.24) is 10.1 Å². The van der Waals surface area contributed by atoms with E-state index in [0.717, 1.165) is 24.3 Å². The van der Waals surface area contributed by atoms with Crippen LogP contribution in [0.25, 0.3) is 10.6 Å². The first kappa shape index (κ1) is 13.3. The van der Waals surface area contributed by atoms with Crippen molar-refractivity contribution in [3.8, 4) is 10.6 Å². The van der Waals surface area contributed by atoms with E-state index >= 15 is 0 Å². The van der Waals surface area contributed by atoms with E-state index in [4.69, 9.17) is 9.26 Å². The van der Waals surface area contributed by atoms with Gasteiger partial charge in [-0.05, 0) is 24.3 Å². The second-order valence-corrected chi connectivity index (χ2v) is 5.82. The molecule has 106 valence electrons. The molecule has 2 aromatic heterocycles. The van der Waals surface area contributed by atoms with Crippen LogP contribution in [0.5, 0.6) is 0 Å². The molecule has 3 heterocycles. The minimum absolute atomic E-state index is 0.132. The first-order valence-corrected chi connectivity index (χ1v) is 7.49. The summed E-state index contributed by atoms with van der Waals surface area (Å²) in [5.41, 5.74) is 0.342. The van der Waals surface area contributed by atoms with E-state index < -0.39 is 0 Å². The van der Waals surface area contributed by atoms with Gasteiger partial charge in [0.25, 0.3) is 5.91 Å². The highest BCUT2D eigenvalue weighted by Gasteiger charge is 2.23. The summed E-state index contributed by atoms with van der Waals surface area (Å²) in [5, 5.41) is 5.83. The van der Waals surface area contributed by atoms with Crippen molar-refractivity contribution < 1.29 is 14.1 Å². The summed E-state index contributed by atoms with van der Waals surface area (Å²) in [5.74, 6) is 0.501. The summed E-state index contributed by atoms with van der Waals surface area (Å²) in [4.78, 5) is 14.9. The molecule has 0 aromatic carbocycles. The van der Waals surface area contributed by atoms with Crippen molar-refractivity contribution in [2.75, 3.05) is 20.2 Å². The fourth-order valence-corrected chi connectivity index (χ4v) is 2.96. The van der Waals surface area contributed by atoms with Crippen LogP contribution in [-0.4, -0.2) is 42.3 Å². The third kappa shape index (κ3) is 2.76. The molecule has 0 unspecified atom stereocenters. The molecule has 0 saturated carbocycles. The number of likely N-dealkylation sites (N-methyl/N-ethyl adjacent to an activating group) is 1. The van der Waals surface area contributed by atoms with E-state index in [1.807, 2.05) is 17.5 Å². The van der Waals surface area contributed by atoms with E-state index in [-0.39, 0.29) is 12.0 Å². The molecule has 0 spiro atoms. The van der Waals surface area contributed by atoms with Crippen molar-refractivity contribution in [2.45, 2.75) is 18.9 Å². The number of rotatable bonds is 4. The number of carbonyl (C=O) groups excluding carboxylic acids is 1. The summed E-state index contributed by atoms with van der Waals surface area (Å²) >= 11 is 1.56. The molecule has 3 rings (SSSR count). The SMILES string of the molecule is CN(C[C@H]1CCCO1)C(=O)c1cc(-c2cccs2)on1. The second kappa shape index (κ2) is 5.76. The Morgan fingerprint density at radius 1 is 1.60 bits per heavy atom. The van der Waals surface area contributed by atoms with Crippen LogP contribution in [0.3, 0.4) is 0 Å². The quantitative estimate of drug-likeness (QED) is 0.869. The Morgan fingerprint density at radius 2 is 2.50 bits per heavy atom. The second-order valence-electron chi connectivity index (χ2n) is 4.87. The normalized spacial score (nSPS) is 18.4. The standard InChI is InChI=1S/C14H16N2O3S/c1-16(9-10-4-2-6-18-10)14(17)11-8-12(19-15-11)13-5-3-7-20-13/h3,5,7-8,10H,2,4,6,9H2,1H3/t10-/m1/s1. The van der Waals surface area contributed by atoms with Crippen LogP contribution in [-0.2, 0) is 4.74 Å². The Labute approximate surface area is 121 Å². The molecule has 1 fully saturated rings. The molecule has 0 bridgehead atoms. The Balaban J connectivity index is 1.67. The van der Waals surface area contributed by atoms with Crippen LogP contribution < -0.4 is 0 Å². The molecule has 20 heavy (non-hydrogen) atoms. The van der Waals surface area contributed by atoms with Gasteiger partial charge in [0.15, 0.2) is 11.5 Å². The molecule has 1 aliphatic rings.